The second-order valence-corrected chi connectivity index (χ2v) is 12.4. The van der Waals surface area contributed by atoms with Gasteiger partial charge in [0, 0.05) is 12.8 Å². The van der Waals surface area contributed by atoms with Gasteiger partial charge in [0.15, 0.2) is 0 Å². The second kappa shape index (κ2) is 34.6. The molecule has 43 heavy (non-hydrogen) atoms. The first-order valence-corrected chi connectivity index (χ1v) is 18.5. The number of hydrogen-bond donors (Lipinski definition) is 1. The van der Waals surface area contributed by atoms with Gasteiger partial charge in [-0.1, -0.05) is 141 Å². The van der Waals surface area contributed by atoms with Gasteiger partial charge in [0.05, 0.1) is 0 Å². The van der Waals surface area contributed by atoms with E-state index in [1.54, 1.807) is 0 Å². The van der Waals surface area contributed by atoms with Crippen molar-refractivity contribution in [2.45, 2.75) is 200 Å². The smallest absolute Gasteiger partial charge is 0.306 e. The fourth-order valence-electron chi connectivity index (χ4n) is 5.30. The van der Waals surface area contributed by atoms with Crippen LogP contribution in [0.1, 0.15) is 194 Å². The van der Waals surface area contributed by atoms with E-state index >= 15 is 0 Å². The van der Waals surface area contributed by atoms with E-state index in [0.29, 0.717) is 6.42 Å². The highest BCUT2D eigenvalue weighted by Crippen LogP contribution is 2.15. The highest BCUT2D eigenvalue weighted by atomic mass is 16.5. The molecular weight excluding hydrogens is 532 g/mol. The summed E-state index contributed by atoms with van der Waals surface area (Å²) in [6, 6.07) is 0. The second-order valence-electron chi connectivity index (χ2n) is 12.4. The van der Waals surface area contributed by atoms with Crippen molar-refractivity contribution >= 4 is 11.9 Å². The maximum absolute atomic E-state index is 12.6. The lowest BCUT2D eigenvalue weighted by molar-refractivity contribution is -0.147. The summed E-state index contributed by atoms with van der Waals surface area (Å²) in [4.78, 5) is 23.2. The zero-order chi connectivity index (χ0) is 31.5. The topological polar surface area (TPSA) is 63.6 Å². The third-order valence-electron chi connectivity index (χ3n) is 8.07. The summed E-state index contributed by atoms with van der Waals surface area (Å²) in [5.74, 6) is -0.767. The van der Waals surface area contributed by atoms with Crippen molar-refractivity contribution in [2.24, 2.45) is 0 Å². The van der Waals surface area contributed by atoms with Crippen LogP contribution in [0.4, 0.5) is 0 Å². The van der Waals surface area contributed by atoms with Crippen molar-refractivity contribution in [2.75, 3.05) is 0 Å². The summed E-state index contributed by atoms with van der Waals surface area (Å²) < 4.78 is 5.89. The first kappa shape index (κ1) is 41.2. The van der Waals surface area contributed by atoms with Crippen LogP contribution >= 0.6 is 0 Å². The van der Waals surface area contributed by atoms with Crippen LogP contribution in [-0.4, -0.2) is 23.1 Å². The summed E-state index contributed by atoms with van der Waals surface area (Å²) >= 11 is 0. The molecule has 1 unspecified atom stereocenters. The molecule has 0 saturated carbocycles. The third-order valence-corrected chi connectivity index (χ3v) is 8.07. The average molecular weight is 603 g/mol. The lowest BCUT2D eigenvalue weighted by atomic mass is 10.1. The quantitative estimate of drug-likeness (QED) is 0.0461. The van der Waals surface area contributed by atoms with Crippen LogP contribution in [0, 0.1) is 0 Å². The Morgan fingerprint density at radius 1 is 0.535 bits per heavy atom. The largest absolute Gasteiger partial charge is 0.481 e. The number of ether oxygens (including phenoxy) is 1. The molecule has 0 aromatic heterocycles. The SMILES string of the molecule is CCCCCC/C=C\C/C=C\C(CCCCCCCCC(=O)O)OC(=O)CCCCCCC/C=C\CCCCCCCC. The fraction of sp³-hybridized carbons (Fsp3) is 0.795. The molecule has 0 amide bonds. The summed E-state index contributed by atoms with van der Waals surface area (Å²) in [6.07, 6.45) is 44.6. The monoisotopic (exact) mass is 603 g/mol. The minimum atomic E-state index is -0.704. The molecule has 0 saturated heterocycles. The van der Waals surface area contributed by atoms with E-state index in [4.69, 9.17) is 9.84 Å². The number of carboxylic acids is 1. The number of hydrogen-bond acceptors (Lipinski definition) is 3. The normalized spacial score (nSPS) is 12.6. The Hall–Kier alpha value is -1.84. The maximum Gasteiger partial charge on any atom is 0.306 e. The van der Waals surface area contributed by atoms with Gasteiger partial charge < -0.3 is 9.84 Å². The lowest BCUT2D eigenvalue weighted by Crippen LogP contribution is -2.16. The molecule has 0 spiro atoms. The molecule has 4 heteroatoms. The Bertz CT molecular complexity index is 693. The number of esters is 1. The van der Waals surface area contributed by atoms with Gasteiger partial charge in [0.1, 0.15) is 6.10 Å². The van der Waals surface area contributed by atoms with Crippen LogP contribution in [0.15, 0.2) is 36.5 Å². The van der Waals surface area contributed by atoms with Crippen molar-refractivity contribution in [1.29, 1.82) is 0 Å². The van der Waals surface area contributed by atoms with Gasteiger partial charge in [-0.25, -0.2) is 0 Å². The van der Waals surface area contributed by atoms with Crippen LogP contribution in [0.2, 0.25) is 0 Å². The highest BCUT2D eigenvalue weighted by Gasteiger charge is 2.11. The average Bonchev–Trinajstić information content (AvgIpc) is 2.99. The Balaban J connectivity index is 4.13. The molecule has 0 bridgehead atoms. The van der Waals surface area contributed by atoms with Gasteiger partial charge in [-0.3, -0.25) is 9.59 Å². The molecule has 4 nitrogen and oxygen atoms in total. The zero-order valence-electron chi connectivity index (χ0n) is 28.5. The van der Waals surface area contributed by atoms with E-state index < -0.39 is 5.97 Å². The minimum Gasteiger partial charge on any atom is -0.481 e. The van der Waals surface area contributed by atoms with E-state index in [9.17, 15) is 9.59 Å². The summed E-state index contributed by atoms with van der Waals surface area (Å²) in [7, 11) is 0. The molecule has 0 aromatic carbocycles. The van der Waals surface area contributed by atoms with Gasteiger partial charge in [0.25, 0.3) is 0 Å². The molecule has 1 N–H and O–H groups in total. The van der Waals surface area contributed by atoms with E-state index in [1.807, 2.05) is 0 Å². The van der Waals surface area contributed by atoms with Crippen molar-refractivity contribution < 1.29 is 19.4 Å². The highest BCUT2D eigenvalue weighted by molar-refractivity contribution is 5.69. The Morgan fingerprint density at radius 3 is 1.53 bits per heavy atom. The van der Waals surface area contributed by atoms with Crippen LogP contribution in [0.5, 0.6) is 0 Å². The van der Waals surface area contributed by atoms with Gasteiger partial charge in [0.2, 0.25) is 0 Å². The molecule has 0 rings (SSSR count). The molecule has 1 atom stereocenters. The van der Waals surface area contributed by atoms with Crippen molar-refractivity contribution in [3.63, 3.8) is 0 Å². The Morgan fingerprint density at radius 2 is 0.977 bits per heavy atom. The van der Waals surface area contributed by atoms with Gasteiger partial charge in [-0.15, -0.1) is 0 Å². The van der Waals surface area contributed by atoms with Crippen LogP contribution < -0.4 is 0 Å². The Labute approximate surface area is 267 Å². The Kier molecular flexibility index (Phi) is 33.2. The first-order valence-electron chi connectivity index (χ1n) is 18.5. The first-order chi connectivity index (χ1) is 21.1. The molecule has 0 fully saturated rings. The summed E-state index contributed by atoms with van der Waals surface area (Å²) in [5, 5.41) is 8.76. The molecule has 0 radical (unpaired) electrons. The predicted octanol–water partition coefficient (Wildman–Crippen LogP) is 12.6. The third kappa shape index (κ3) is 34.5. The number of carbonyl (C=O) groups is 2. The minimum absolute atomic E-state index is 0.0626. The van der Waals surface area contributed by atoms with Crippen molar-refractivity contribution in [3.05, 3.63) is 36.5 Å². The summed E-state index contributed by atoms with van der Waals surface area (Å²) in [5.41, 5.74) is 0. The number of carbonyl (C=O) groups excluding carboxylic acids is 1. The van der Waals surface area contributed by atoms with Crippen molar-refractivity contribution in [1.82, 2.24) is 0 Å². The molecule has 0 aliphatic carbocycles. The molecule has 0 aliphatic rings. The van der Waals surface area contributed by atoms with Crippen molar-refractivity contribution in [3.8, 4) is 0 Å². The van der Waals surface area contributed by atoms with E-state index in [-0.39, 0.29) is 18.5 Å². The lowest BCUT2D eigenvalue weighted by Gasteiger charge is -2.14. The van der Waals surface area contributed by atoms with Crippen LogP contribution in [0.3, 0.4) is 0 Å². The standard InChI is InChI=1S/C39H70O4/c1-3-5-7-9-11-13-14-15-16-17-18-20-22-28-32-36-39(42)43-37(33-29-25-21-19-12-10-8-6-4-2)34-30-26-23-24-27-31-35-38(40)41/h15-16,19,21,29,33,37H,3-14,17-18,20,22-28,30-32,34-36H2,1-2H3,(H,40,41)/b16-15-,21-19-,33-29-. The number of rotatable bonds is 33. The van der Waals surface area contributed by atoms with E-state index in [2.05, 4.69) is 50.3 Å². The zero-order valence-corrected chi connectivity index (χ0v) is 28.5. The molecular formula is C39H70O4. The van der Waals surface area contributed by atoms with Gasteiger partial charge >= 0.3 is 11.9 Å². The fourth-order valence-corrected chi connectivity index (χ4v) is 5.30. The van der Waals surface area contributed by atoms with E-state index in [0.717, 1.165) is 70.6 Å². The van der Waals surface area contributed by atoms with Gasteiger partial charge in [-0.05, 0) is 76.7 Å². The predicted molar refractivity (Wildman–Crippen MR) is 186 cm³/mol. The van der Waals surface area contributed by atoms with Crippen LogP contribution in [-0.2, 0) is 14.3 Å². The number of aliphatic carboxylic acids is 1. The van der Waals surface area contributed by atoms with Crippen LogP contribution in [0.25, 0.3) is 0 Å². The molecule has 0 aliphatic heterocycles. The van der Waals surface area contributed by atoms with Gasteiger partial charge in [-0.2, -0.15) is 0 Å². The maximum atomic E-state index is 12.6. The molecule has 250 valence electrons. The van der Waals surface area contributed by atoms with E-state index in [1.165, 1.54) is 96.3 Å². The number of unbranched alkanes of at least 4 members (excludes halogenated alkanes) is 20. The summed E-state index contributed by atoms with van der Waals surface area (Å²) in [6.45, 7) is 4.51. The number of carboxylic acid groups (broad SMARTS) is 1. The number of allylic oxidation sites excluding steroid dienone is 5. The molecule has 0 aromatic rings. The molecule has 0 heterocycles.